The highest BCUT2D eigenvalue weighted by atomic mass is 28.4. The summed E-state index contributed by atoms with van der Waals surface area (Å²) in [6, 6.07) is 1.70. The molecule has 4 unspecified atom stereocenters. The molecule has 0 aromatic carbocycles. The predicted molar refractivity (Wildman–Crippen MR) is 143 cm³/mol. The average molecular weight is 538 g/mol. The van der Waals surface area contributed by atoms with Crippen molar-refractivity contribution in [1.29, 1.82) is 0 Å². The van der Waals surface area contributed by atoms with E-state index in [1.165, 1.54) is 21.9 Å². The van der Waals surface area contributed by atoms with Gasteiger partial charge in [0, 0.05) is 13.3 Å². The molecule has 0 radical (unpaired) electrons. The maximum Gasteiger partial charge on any atom is 0.351 e. The van der Waals surface area contributed by atoms with Crippen molar-refractivity contribution in [2.75, 3.05) is 13.7 Å². The molecule has 0 N–H and O–H groups in total. The molecule has 2 aromatic rings. The Morgan fingerprint density at radius 2 is 1.67 bits per heavy atom. The van der Waals surface area contributed by atoms with Crippen molar-refractivity contribution in [3.63, 3.8) is 0 Å². The average Bonchev–Trinajstić information content (AvgIpc) is 3.39. The summed E-state index contributed by atoms with van der Waals surface area (Å²) in [5, 5.41) is 4.10. The minimum Gasteiger partial charge on any atom is -0.414 e. The quantitative estimate of drug-likeness (QED) is 0.463. The molecule has 0 bridgehead atoms. The van der Waals surface area contributed by atoms with Crippen LogP contribution in [0.5, 0.6) is 0 Å². The van der Waals surface area contributed by atoms with Crippen molar-refractivity contribution in [2.24, 2.45) is 0 Å². The molecule has 12 heteroatoms. The van der Waals surface area contributed by atoms with Crippen LogP contribution in [0.4, 0.5) is 0 Å². The Kier molecular flexibility index (Phi) is 8.19. The Balaban J connectivity index is 1.95. The van der Waals surface area contributed by atoms with Crippen molar-refractivity contribution >= 4 is 16.6 Å². The van der Waals surface area contributed by atoms with Crippen molar-refractivity contribution in [3.05, 3.63) is 35.4 Å². The third-order valence-corrected chi connectivity index (χ3v) is 16.9. The molecule has 1 fully saturated rings. The highest BCUT2D eigenvalue weighted by Gasteiger charge is 2.52. The summed E-state index contributed by atoms with van der Waals surface area (Å²) < 4.78 is 28.8. The van der Waals surface area contributed by atoms with E-state index in [0.29, 0.717) is 12.4 Å². The van der Waals surface area contributed by atoms with Crippen molar-refractivity contribution in [2.45, 2.75) is 102 Å². The molecule has 36 heavy (non-hydrogen) atoms. The van der Waals surface area contributed by atoms with Crippen molar-refractivity contribution in [3.8, 4) is 5.82 Å². The minimum absolute atomic E-state index is 0.00788. The SMILES string of the molecule is COC1C(O[Si](C)(C)C(C)(C)C)C(CO[Si](C)(C)C(C)(C)C)OC1n1ccc(-n2cncn2)nc1=O. The van der Waals surface area contributed by atoms with E-state index < -0.39 is 46.9 Å². The first-order valence-electron chi connectivity index (χ1n) is 12.4. The molecule has 10 nitrogen and oxygen atoms in total. The van der Waals surface area contributed by atoms with Gasteiger partial charge in [-0.2, -0.15) is 10.1 Å². The zero-order valence-electron chi connectivity index (χ0n) is 23.6. The molecule has 0 saturated carbocycles. The normalized spacial score (nSPS) is 23.9. The first-order chi connectivity index (χ1) is 16.5. The smallest absolute Gasteiger partial charge is 0.351 e. The fraction of sp³-hybridized carbons (Fsp3) is 0.750. The Bertz CT molecular complexity index is 1080. The fourth-order valence-electron chi connectivity index (χ4n) is 3.53. The largest absolute Gasteiger partial charge is 0.414 e. The molecule has 0 amide bonds. The van der Waals surface area contributed by atoms with E-state index in [2.05, 4.69) is 82.8 Å². The van der Waals surface area contributed by atoms with Gasteiger partial charge in [-0.05, 0) is 42.3 Å². The highest BCUT2D eigenvalue weighted by molar-refractivity contribution is 6.74. The van der Waals surface area contributed by atoms with Gasteiger partial charge in [0.2, 0.25) is 0 Å². The lowest BCUT2D eigenvalue weighted by Gasteiger charge is -2.41. The van der Waals surface area contributed by atoms with E-state index in [4.69, 9.17) is 18.3 Å². The fourth-order valence-corrected chi connectivity index (χ4v) is 5.87. The summed E-state index contributed by atoms with van der Waals surface area (Å²) in [5.74, 6) is 0.382. The number of aromatic nitrogens is 5. The number of hydrogen-bond acceptors (Lipinski definition) is 8. The van der Waals surface area contributed by atoms with Crippen LogP contribution in [0, 0.1) is 0 Å². The Morgan fingerprint density at radius 3 is 2.17 bits per heavy atom. The molecule has 2 aromatic heterocycles. The second-order valence-electron chi connectivity index (χ2n) is 12.5. The van der Waals surface area contributed by atoms with Gasteiger partial charge in [0.1, 0.15) is 31.0 Å². The maximum atomic E-state index is 13.1. The van der Waals surface area contributed by atoms with Crippen LogP contribution >= 0.6 is 0 Å². The Morgan fingerprint density at radius 1 is 1.03 bits per heavy atom. The molecule has 1 aliphatic rings. The van der Waals surface area contributed by atoms with Crippen LogP contribution in [0.3, 0.4) is 0 Å². The molecular formula is C24H43N5O5Si2. The van der Waals surface area contributed by atoms with E-state index in [-0.39, 0.29) is 10.1 Å². The highest BCUT2D eigenvalue weighted by Crippen LogP contribution is 2.43. The summed E-state index contributed by atoms with van der Waals surface area (Å²) in [4.78, 5) is 21.2. The molecule has 3 rings (SSSR count). The number of rotatable bonds is 8. The zero-order valence-corrected chi connectivity index (χ0v) is 25.6. The van der Waals surface area contributed by atoms with E-state index in [0.717, 1.165) is 0 Å². The second kappa shape index (κ2) is 10.2. The number of nitrogens with zero attached hydrogens (tertiary/aromatic N) is 5. The van der Waals surface area contributed by atoms with E-state index in [9.17, 15) is 4.79 Å². The lowest BCUT2D eigenvalue weighted by atomic mass is 10.1. The summed E-state index contributed by atoms with van der Waals surface area (Å²) in [7, 11) is -2.61. The number of ether oxygens (including phenoxy) is 2. The van der Waals surface area contributed by atoms with Crippen LogP contribution in [0.2, 0.25) is 36.3 Å². The third-order valence-electron chi connectivity index (χ3n) is 7.95. The van der Waals surface area contributed by atoms with Gasteiger partial charge in [-0.15, -0.1) is 0 Å². The van der Waals surface area contributed by atoms with Gasteiger partial charge < -0.3 is 18.3 Å². The number of hydrogen-bond donors (Lipinski definition) is 0. The molecular weight excluding hydrogens is 494 g/mol. The van der Waals surface area contributed by atoms with E-state index in [1.807, 2.05) is 0 Å². The van der Waals surface area contributed by atoms with Gasteiger partial charge in [-0.1, -0.05) is 41.5 Å². The van der Waals surface area contributed by atoms with Gasteiger partial charge in [0.05, 0.1) is 6.61 Å². The molecule has 3 heterocycles. The van der Waals surface area contributed by atoms with Crippen LogP contribution in [-0.2, 0) is 18.3 Å². The molecule has 1 saturated heterocycles. The van der Waals surface area contributed by atoms with Gasteiger partial charge >= 0.3 is 5.69 Å². The van der Waals surface area contributed by atoms with Crippen molar-refractivity contribution < 1.29 is 18.3 Å². The lowest BCUT2D eigenvalue weighted by molar-refractivity contribution is -0.0612. The van der Waals surface area contributed by atoms with Crippen molar-refractivity contribution in [1.82, 2.24) is 24.3 Å². The van der Waals surface area contributed by atoms with E-state index in [1.54, 1.807) is 19.4 Å². The monoisotopic (exact) mass is 537 g/mol. The number of methoxy groups -OCH3 is 1. The second-order valence-corrected chi connectivity index (χ2v) is 22.1. The topological polar surface area (TPSA) is 103 Å². The molecule has 4 atom stereocenters. The summed E-state index contributed by atoms with van der Waals surface area (Å²) in [6.45, 7) is 22.4. The van der Waals surface area contributed by atoms with Crippen LogP contribution < -0.4 is 5.69 Å². The molecule has 1 aliphatic heterocycles. The van der Waals surface area contributed by atoms with Crippen LogP contribution in [0.1, 0.15) is 47.8 Å². The standard InChI is InChI=1S/C24H43N5O5Si2/c1-23(2,3)35(8,9)32-14-17-19(34-36(10,11)24(4,5)6)20(31-7)21(33-17)28-13-12-18(27-22(28)30)29-16-25-15-26-29/h12-13,15-17,19-21H,14H2,1-11H3. The van der Waals surface area contributed by atoms with E-state index >= 15 is 0 Å². The summed E-state index contributed by atoms with van der Waals surface area (Å²) >= 11 is 0. The van der Waals surface area contributed by atoms with Crippen LogP contribution in [0.15, 0.2) is 29.7 Å². The van der Waals surface area contributed by atoms with Crippen LogP contribution in [-0.4, -0.2) is 73.0 Å². The Hall–Kier alpha value is -1.71. The van der Waals surface area contributed by atoms with Gasteiger partial charge in [0.25, 0.3) is 0 Å². The molecule has 0 spiro atoms. The summed E-state index contributed by atoms with van der Waals surface area (Å²) in [5.41, 5.74) is -0.466. The predicted octanol–water partition coefficient (Wildman–Crippen LogP) is 4.15. The van der Waals surface area contributed by atoms with Crippen LogP contribution in [0.25, 0.3) is 5.82 Å². The first kappa shape index (κ1) is 28.9. The Labute approximate surface area is 216 Å². The third kappa shape index (κ3) is 5.89. The maximum absolute atomic E-state index is 13.1. The minimum atomic E-state index is -2.20. The first-order valence-corrected chi connectivity index (χ1v) is 18.2. The lowest BCUT2D eigenvalue weighted by Crippen LogP contribution is -2.51. The van der Waals surface area contributed by atoms with Gasteiger partial charge in [-0.3, -0.25) is 4.57 Å². The van der Waals surface area contributed by atoms with Gasteiger partial charge in [-0.25, -0.2) is 14.5 Å². The zero-order chi connectivity index (χ0) is 27.1. The molecule has 202 valence electrons. The summed E-state index contributed by atoms with van der Waals surface area (Å²) in [6.07, 6.45) is 2.53. The van der Waals surface area contributed by atoms with Gasteiger partial charge in [0.15, 0.2) is 28.7 Å². The molecule has 0 aliphatic carbocycles.